The van der Waals surface area contributed by atoms with Crippen LogP contribution in [0.2, 0.25) is 0 Å². The first kappa shape index (κ1) is 27.0. The maximum atomic E-state index is 12.7. The summed E-state index contributed by atoms with van der Waals surface area (Å²) in [5.41, 5.74) is 0.163. The van der Waals surface area contributed by atoms with Crippen molar-refractivity contribution < 1.29 is 22.6 Å². The van der Waals surface area contributed by atoms with Gasteiger partial charge in [0.2, 0.25) is 0 Å². The maximum Gasteiger partial charge on any atom is 0.416 e. The smallest absolute Gasteiger partial charge is 0.381 e. The molecule has 9 heteroatoms. The van der Waals surface area contributed by atoms with E-state index in [2.05, 4.69) is 10.3 Å². The van der Waals surface area contributed by atoms with Gasteiger partial charge in [-0.2, -0.15) is 13.2 Å². The first-order chi connectivity index (χ1) is 13.9. The summed E-state index contributed by atoms with van der Waals surface area (Å²) in [5, 5.41) is 3.22. The molecule has 0 spiro atoms. The standard InChI is InChI=1S/C21H32F3N3O2.HI/c1-3-25-20(26-11-4-12-29-16-18-9-13-28-14-10-18)27(2)15-17-5-7-19(8-6-17)21(22,23)24;/h5-8,18H,3-4,9-16H2,1-2H3,(H,25,26);1H. The van der Waals surface area contributed by atoms with Crippen molar-refractivity contribution in [2.75, 3.05) is 46.6 Å². The lowest BCUT2D eigenvalue weighted by Crippen LogP contribution is -2.38. The van der Waals surface area contributed by atoms with Gasteiger partial charge in [0.15, 0.2) is 5.96 Å². The molecule has 0 aromatic heterocycles. The molecule has 5 nitrogen and oxygen atoms in total. The van der Waals surface area contributed by atoms with E-state index >= 15 is 0 Å². The fourth-order valence-corrected chi connectivity index (χ4v) is 3.13. The van der Waals surface area contributed by atoms with E-state index in [9.17, 15) is 13.2 Å². The number of ether oxygens (including phenoxy) is 2. The van der Waals surface area contributed by atoms with Crippen LogP contribution in [0.5, 0.6) is 0 Å². The van der Waals surface area contributed by atoms with Crippen molar-refractivity contribution in [3.8, 4) is 0 Å². The number of alkyl halides is 3. The second kappa shape index (κ2) is 14.1. The van der Waals surface area contributed by atoms with Crippen LogP contribution >= 0.6 is 24.0 Å². The monoisotopic (exact) mass is 543 g/mol. The lowest BCUT2D eigenvalue weighted by atomic mass is 10.0. The topological polar surface area (TPSA) is 46.1 Å². The van der Waals surface area contributed by atoms with Crippen LogP contribution < -0.4 is 5.32 Å². The molecule has 0 radical (unpaired) electrons. The summed E-state index contributed by atoms with van der Waals surface area (Å²) >= 11 is 0. The van der Waals surface area contributed by atoms with E-state index in [1.165, 1.54) is 12.1 Å². The van der Waals surface area contributed by atoms with Crippen LogP contribution in [0.1, 0.15) is 37.3 Å². The summed E-state index contributed by atoms with van der Waals surface area (Å²) < 4.78 is 49.2. The molecule has 1 saturated heterocycles. The van der Waals surface area contributed by atoms with Crippen molar-refractivity contribution in [3.05, 3.63) is 35.4 Å². The summed E-state index contributed by atoms with van der Waals surface area (Å²) in [6.45, 7) is 6.92. The van der Waals surface area contributed by atoms with Crippen LogP contribution in [-0.2, 0) is 22.2 Å². The normalized spacial score (nSPS) is 15.6. The van der Waals surface area contributed by atoms with E-state index in [0.717, 1.165) is 69.3 Å². The molecule has 0 unspecified atom stereocenters. The number of rotatable bonds is 9. The number of aliphatic imine (C=N–C) groups is 1. The second-order valence-electron chi connectivity index (χ2n) is 7.27. The third-order valence-electron chi connectivity index (χ3n) is 4.80. The molecule has 30 heavy (non-hydrogen) atoms. The predicted octanol–water partition coefficient (Wildman–Crippen LogP) is 4.55. The number of benzene rings is 1. The van der Waals surface area contributed by atoms with E-state index < -0.39 is 11.7 Å². The Balaban J connectivity index is 0.00000450. The average Bonchev–Trinajstić information content (AvgIpc) is 2.70. The molecular formula is C21H33F3IN3O2. The highest BCUT2D eigenvalue weighted by molar-refractivity contribution is 14.0. The number of hydrogen-bond donors (Lipinski definition) is 1. The first-order valence-electron chi connectivity index (χ1n) is 10.2. The predicted molar refractivity (Wildman–Crippen MR) is 123 cm³/mol. The molecule has 0 saturated carbocycles. The van der Waals surface area contributed by atoms with E-state index in [0.29, 0.717) is 25.6 Å². The Labute approximate surface area is 194 Å². The number of nitrogens with one attached hydrogen (secondary N) is 1. The van der Waals surface area contributed by atoms with Crippen LogP contribution in [-0.4, -0.2) is 57.4 Å². The summed E-state index contributed by atoms with van der Waals surface area (Å²) in [7, 11) is 1.88. The second-order valence-corrected chi connectivity index (χ2v) is 7.27. The molecular weight excluding hydrogens is 510 g/mol. The zero-order valence-electron chi connectivity index (χ0n) is 17.7. The Kier molecular flexibility index (Phi) is 12.7. The molecule has 1 aromatic rings. The number of hydrogen-bond acceptors (Lipinski definition) is 3. The highest BCUT2D eigenvalue weighted by Crippen LogP contribution is 2.29. The van der Waals surface area contributed by atoms with Gasteiger partial charge < -0.3 is 19.7 Å². The lowest BCUT2D eigenvalue weighted by Gasteiger charge is -2.23. The van der Waals surface area contributed by atoms with Gasteiger partial charge in [0.1, 0.15) is 0 Å². The molecule has 1 aliphatic rings. The Morgan fingerprint density at radius 3 is 2.50 bits per heavy atom. The fraction of sp³-hybridized carbons (Fsp3) is 0.667. The molecule has 172 valence electrons. The summed E-state index contributed by atoms with van der Waals surface area (Å²) in [4.78, 5) is 6.51. The van der Waals surface area contributed by atoms with Crippen molar-refractivity contribution in [2.45, 2.75) is 38.9 Å². The molecule has 1 aromatic carbocycles. The molecule has 0 amide bonds. The van der Waals surface area contributed by atoms with Crippen molar-refractivity contribution >= 4 is 29.9 Å². The van der Waals surface area contributed by atoms with Gasteiger partial charge in [0.25, 0.3) is 0 Å². The minimum atomic E-state index is -4.31. The summed E-state index contributed by atoms with van der Waals surface area (Å²) in [6.07, 6.45) is -1.35. The van der Waals surface area contributed by atoms with Crippen molar-refractivity contribution in [1.29, 1.82) is 0 Å². The quantitative estimate of drug-likeness (QED) is 0.215. The van der Waals surface area contributed by atoms with Crippen LogP contribution in [0.3, 0.4) is 0 Å². The van der Waals surface area contributed by atoms with Crippen LogP contribution in [0.15, 0.2) is 29.3 Å². The molecule has 0 bridgehead atoms. The van der Waals surface area contributed by atoms with Crippen molar-refractivity contribution in [1.82, 2.24) is 10.2 Å². The number of guanidine groups is 1. The van der Waals surface area contributed by atoms with Gasteiger partial charge in [0, 0.05) is 53.1 Å². The molecule has 2 rings (SSSR count). The first-order valence-corrected chi connectivity index (χ1v) is 10.2. The summed E-state index contributed by atoms with van der Waals surface area (Å²) in [5.74, 6) is 1.33. The van der Waals surface area contributed by atoms with Crippen molar-refractivity contribution in [3.63, 3.8) is 0 Å². The molecule has 1 fully saturated rings. The van der Waals surface area contributed by atoms with Gasteiger partial charge in [-0.1, -0.05) is 12.1 Å². The zero-order chi connectivity index (χ0) is 21.1. The Hall–Kier alpha value is -1.07. The number of nitrogens with zero attached hydrogens (tertiary/aromatic N) is 2. The highest BCUT2D eigenvalue weighted by Gasteiger charge is 2.29. The largest absolute Gasteiger partial charge is 0.416 e. The Morgan fingerprint density at radius 1 is 1.23 bits per heavy atom. The van der Waals surface area contributed by atoms with Crippen molar-refractivity contribution in [2.24, 2.45) is 10.9 Å². The molecule has 1 aliphatic heterocycles. The van der Waals surface area contributed by atoms with Gasteiger partial charge in [-0.25, -0.2) is 0 Å². The van der Waals surface area contributed by atoms with E-state index in [1.54, 1.807) is 0 Å². The summed E-state index contributed by atoms with van der Waals surface area (Å²) in [6, 6.07) is 5.24. The SMILES string of the molecule is CCNC(=NCCCOCC1CCOCC1)N(C)Cc1ccc(C(F)(F)F)cc1.I. The number of halogens is 4. The Bertz CT molecular complexity index is 621. The van der Waals surface area contributed by atoms with Crippen LogP contribution in [0.4, 0.5) is 13.2 Å². The van der Waals surface area contributed by atoms with Gasteiger partial charge >= 0.3 is 6.18 Å². The Morgan fingerprint density at radius 2 is 1.90 bits per heavy atom. The maximum absolute atomic E-state index is 12.7. The molecule has 1 heterocycles. The third-order valence-corrected chi connectivity index (χ3v) is 4.80. The van der Waals surface area contributed by atoms with E-state index in [-0.39, 0.29) is 24.0 Å². The van der Waals surface area contributed by atoms with Gasteiger partial charge in [-0.05, 0) is 49.8 Å². The van der Waals surface area contributed by atoms with Crippen LogP contribution in [0.25, 0.3) is 0 Å². The van der Waals surface area contributed by atoms with E-state index in [1.807, 2.05) is 18.9 Å². The van der Waals surface area contributed by atoms with Crippen LogP contribution in [0, 0.1) is 5.92 Å². The highest BCUT2D eigenvalue weighted by atomic mass is 127. The fourth-order valence-electron chi connectivity index (χ4n) is 3.13. The van der Waals surface area contributed by atoms with E-state index in [4.69, 9.17) is 9.47 Å². The third kappa shape index (κ3) is 9.82. The minimum Gasteiger partial charge on any atom is -0.381 e. The van der Waals surface area contributed by atoms with Gasteiger partial charge in [0.05, 0.1) is 5.56 Å². The molecule has 0 aliphatic carbocycles. The molecule has 1 N–H and O–H groups in total. The van der Waals surface area contributed by atoms with Gasteiger partial charge in [-0.15, -0.1) is 24.0 Å². The van der Waals surface area contributed by atoms with Gasteiger partial charge in [-0.3, -0.25) is 4.99 Å². The average molecular weight is 543 g/mol. The zero-order valence-corrected chi connectivity index (χ0v) is 20.0. The molecule has 0 atom stereocenters. The minimum absolute atomic E-state index is 0. The lowest BCUT2D eigenvalue weighted by molar-refractivity contribution is -0.137.